The molecule has 1 aliphatic rings. The third kappa shape index (κ3) is 4.83. The van der Waals surface area contributed by atoms with Gasteiger partial charge in [0.2, 0.25) is 5.91 Å². The summed E-state index contributed by atoms with van der Waals surface area (Å²) in [6.07, 6.45) is 1.66. The van der Waals surface area contributed by atoms with Gasteiger partial charge in [-0.3, -0.25) is 4.79 Å². The molecule has 0 N–H and O–H groups in total. The maximum absolute atomic E-state index is 12.7. The van der Waals surface area contributed by atoms with Gasteiger partial charge in [0.15, 0.2) is 0 Å². The van der Waals surface area contributed by atoms with Crippen molar-refractivity contribution in [2.75, 3.05) is 51.3 Å². The van der Waals surface area contributed by atoms with Crippen molar-refractivity contribution in [2.24, 2.45) is 0 Å². The molecule has 0 radical (unpaired) electrons. The largest absolute Gasteiger partial charge is 0.450 e. The summed E-state index contributed by atoms with van der Waals surface area (Å²) < 4.78 is 5.04. The molecule has 0 bridgehead atoms. The molecule has 0 saturated carbocycles. The fraction of sp³-hybridized carbons (Fsp3) is 0.391. The number of anilines is 1. The molecule has 168 valence electrons. The second-order valence-corrected chi connectivity index (χ2v) is 8.66. The number of carbonyl (C=O) groups is 2. The summed E-state index contributed by atoms with van der Waals surface area (Å²) >= 11 is 1.64. The van der Waals surface area contributed by atoms with Crippen LogP contribution in [0.4, 0.5) is 10.6 Å². The number of rotatable bonds is 6. The van der Waals surface area contributed by atoms with Crippen molar-refractivity contribution in [1.29, 1.82) is 0 Å². The van der Waals surface area contributed by atoms with E-state index in [0.717, 1.165) is 26.5 Å². The van der Waals surface area contributed by atoms with Gasteiger partial charge in [-0.25, -0.2) is 14.8 Å². The number of carbonyl (C=O) groups excluding carboxylic acids is 2. The molecule has 32 heavy (non-hydrogen) atoms. The van der Waals surface area contributed by atoms with E-state index < -0.39 is 0 Å². The Morgan fingerprint density at radius 2 is 1.81 bits per heavy atom. The maximum Gasteiger partial charge on any atom is 0.409 e. The Balaban J connectivity index is 1.37. The topological polar surface area (TPSA) is 78.9 Å². The molecular formula is C23H27N5O3S. The quantitative estimate of drug-likeness (QED) is 0.569. The number of hydrogen-bond acceptors (Lipinski definition) is 7. The highest BCUT2D eigenvalue weighted by molar-refractivity contribution is 7.21. The molecule has 0 aliphatic carbocycles. The Morgan fingerprint density at radius 3 is 2.53 bits per heavy atom. The van der Waals surface area contributed by atoms with Crippen LogP contribution in [0, 0.1) is 0 Å². The van der Waals surface area contributed by atoms with Gasteiger partial charge in [0.25, 0.3) is 0 Å². The first-order chi connectivity index (χ1) is 15.6. The number of hydrogen-bond donors (Lipinski definition) is 0. The first kappa shape index (κ1) is 22.0. The zero-order chi connectivity index (χ0) is 22.5. The number of amides is 2. The number of nitrogens with zero attached hydrogens (tertiary/aromatic N) is 5. The Morgan fingerprint density at radius 1 is 1.09 bits per heavy atom. The molecule has 8 nitrogen and oxygen atoms in total. The van der Waals surface area contributed by atoms with Crippen LogP contribution < -0.4 is 4.90 Å². The van der Waals surface area contributed by atoms with Crippen molar-refractivity contribution in [1.82, 2.24) is 19.8 Å². The predicted molar refractivity (Wildman–Crippen MR) is 126 cm³/mol. The molecule has 0 spiro atoms. The molecular weight excluding hydrogens is 426 g/mol. The van der Waals surface area contributed by atoms with E-state index in [0.29, 0.717) is 45.8 Å². The van der Waals surface area contributed by atoms with E-state index in [1.165, 1.54) is 0 Å². The molecule has 9 heteroatoms. The van der Waals surface area contributed by atoms with E-state index in [1.807, 2.05) is 35.0 Å². The molecule has 0 atom stereocenters. The van der Waals surface area contributed by atoms with Crippen LogP contribution in [-0.2, 0) is 9.53 Å². The summed E-state index contributed by atoms with van der Waals surface area (Å²) in [5, 5.41) is 0.995. The minimum Gasteiger partial charge on any atom is -0.450 e. The minimum atomic E-state index is -0.308. The minimum absolute atomic E-state index is 0.0842. The van der Waals surface area contributed by atoms with Gasteiger partial charge in [0.1, 0.15) is 17.0 Å². The van der Waals surface area contributed by atoms with Crippen LogP contribution in [0.3, 0.4) is 0 Å². The van der Waals surface area contributed by atoms with E-state index >= 15 is 0 Å². The van der Waals surface area contributed by atoms with E-state index in [2.05, 4.69) is 28.2 Å². The summed E-state index contributed by atoms with van der Waals surface area (Å²) in [6, 6.07) is 12.3. The first-order valence-corrected chi connectivity index (χ1v) is 11.6. The summed E-state index contributed by atoms with van der Waals surface area (Å²) in [4.78, 5) is 41.0. The van der Waals surface area contributed by atoms with Gasteiger partial charge in [0.05, 0.1) is 12.0 Å². The lowest BCUT2D eigenvalue weighted by molar-refractivity contribution is -0.132. The maximum atomic E-state index is 12.7. The summed E-state index contributed by atoms with van der Waals surface area (Å²) in [5.74, 6) is 0.911. The zero-order valence-corrected chi connectivity index (χ0v) is 19.2. The number of fused-ring (bicyclic) bond motifs is 1. The van der Waals surface area contributed by atoms with Crippen LogP contribution in [0.5, 0.6) is 0 Å². The molecule has 1 saturated heterocycles. The van der Waals surface area contributed by atoms with Gasteiger partial charge in [-0.15, -0.1) is 11.3 Å². The van der Waals surface area contributed by atoms with Gasteiger partial charge in [-0.2, -0.15) is 0 Å². The van der Waals surface area contributed by atoms with Crippen LogP contribution in [-0.4, -0.2) is 78.1 Å². The molecule has 3 aromatic rings. The summed E-state index contributed by atoms with van der Waals surface area (Å²) in [6.45, 7) is 4.78. The Hall–Kier alpha value is -3.20. The van der Waals surface area contributed by atoms with Crippen LogP contribution in [0.15, 0.2) is 42.7 Å². The van der Waals surface area contributed by atoms with Gasteiger partial charge in [0, 0.05) is 51.1 Å². The highest BCUT2D eigenvalue weighted by atomic mass is 32.1. The van der Waals surface area contributed by atoms with Crippen molar-refractivity contribution >= 4 is 39.4 Å². The summed E-state index contributed by atoms with van der Waals surface area (Å²) in [5.41, 5.74) is 1.15. The third-order valence-corrected chi connectivity index (χ3v) is 6.64. The van der Waals surface area contributed by atoms with Crippen LogP contribution >= 0.6 is 11.3 Å². The fourth-order valence-corrected chi connectivity index (χ4v) is 4.77. The monoisotopic (exact) mass is 453 g/mol. The average molecular weight is 454 g/mol. The zero-order valence-electron chi connectivity index (χ0n) is 18.4. The lowest BCUT2D eigenvalue weighted by Gasteiger charge is -2.34. The fourth-order valence-electron chi connectivity index (χ4n) is 3.77. The van der Waals surface area contributed by atoms with Gasteiger partial charge >= 0.3 is 6.09 Å². The Labute approximate surface area is 191 Å². The standard InChI is InChI=1S/C23H27N5O3S/c1-3-31-23(30)28-13-11-27(12-14-28)20(29)9-10-26(2)21-18-15-19(17-7-5-4-6-8-17)32-22(18)25-16-24-21/h4-8,15-16H,3,9-14H2,1-2H3. The van der Waals surface area contributed by atoms with Crippen molar-refractivity contribution in [3.05, 3.63) is 42.7 Å². The molecule has 1 aromatic carbocycles. The van der Waals surface area contributed by atoms with Crippen LogP contribution in [0.2, 0.25) is 0 Å². The number of ether oxygens (including phenoxy) is 1. The average Bonchev–Trinajstić information content (AvgIpc) is 3.28. The van der Waals surface area contributed by atoms with Crippen LogP contribution in [0.1, 0.15) is 13.3 Å². The second kappa shape index (κ2) is 9.95. The molecule has 2 aromatic heterocycles. The van der Waals surface area contributed by atoms with Crippen molar-refractivity contribution in [3.8, 4) is 10.4 Å². The number of thiophene rings is 1. The predicted octanol–water partition coefficient (Wildman–Crippen LogP) is 3.49. The van der Waals surface area contributed by atoms with E-state index in [1.54, 1.807) is 29.5 Å². The molecule has 1 fully saturated rings. The molecule has 3 heterocycles. The van der Waals surface area contributed by atoms with Gasteiger partial charge in [-0.1, -0.05) is 30.3 Å². The van der Waals surface area contributed by atoms with E-state index in [4.69, 9.17) is 4.74 Å². The third-order valence-electron chi connectivity index (χ3n) is 5.55. The van der Waals surface area contributed by atoms with Crippen molar-refractivity contribution in [3.63, 3.8) is 0 Å². The van der Waals surface area contributed by atoms with E-state index in [-0.39, 0.29) is 12.0 Å². The normalized spacial score (nSPS) is 13.9. The SMILES string of the molecule is CCOC(=O)N1CCN(C(=O)CCN(C)c2ncnc3sc(-c4ccccc4)cc23)CC1. The molecule has 2 amide bonds. The van der Waals surface area contributed by atoms with Gasteiger partial charge < -0.3 is 19.4 Å². The highest BCUT2D eigenvalue weighted by Crippen LogP contribution is 2.35. The number of aromatic nitrogens is 2. The number of piperazine rings is 1. The van der Waals surface area contributed by atoms with Crippen LogP contribution in [0.25, 0.3) is 20.7 Å². The first-order valence-electron chi connectivity index (χ1n) is 10.8. The van der Waals surface area contributed by atoms with Crippen molar-refractivity contribution in [2.45, 2.75) is 13.3 Å². The van der Waals surface area contributed by atoms with Crippen molar-refractivity contribution < 1.29 is 14.3 Å². The van der Waals surface area contributed by atoms with E-state index in [9.17, 15) is 9.59 Å². The molecule has 4 rings (SSSR count). The molecule has 0 unspecified atom stereocenters. The lowest BCUT2D eigenvalue weighted by atomic mass is 10.2. The molecule has 1 aliphatic heterocycles. The lowest BCUT2D eigenvalue weighted by Crippen LogP contribution is -2.51. The van der Waals surface area contributed by atoms with Gasteiger partial charge in [-0.05, 0) is 18.6 Å². The number of benzene rings is 1. The Bertz CT molecular complexity index is 1080. The smallest absolute Gasteiger partial charge is 0.409 e. The Kier molecular flexibility index (Phi) is 6.84. The second-order valence-electron chi connectivity index (χ2n) is 7.63. The summed E-state index contributed by atoms with van der Waals surface area (Å²) in [7, 11) is 1.95. The highest BCUT2D eigenvalue weighted by Gasteiger charge is 2.25.